The maximum Gasteiger partial charge on any atom is 0.123 e. The molecule has 106 valence electrons. The van der Waals surface area contributed by atoms with Gasteiger partial charge in [0.05, 0.1) is 0 Å². The molecule has 0 atom stereocenters. The van der Waals surface area contributed by atoms with Crippen LogP contribution in [0.4, 0.5) is 0 Å². The predicted octanol–water partition coefficient (Wildman–Crippen LogP) is 2.66. The van der Waals surface area contributed by atoms with Gasteiger partial charge in [0.15, 0.2) is 0 Å². The summed E-state index contributed by atoms with van der Waals surface area (Å²) in [7, 11) is 2.15. The first kappa shape index (κ1) is 14.4. The SMILES string of the molecule is CCCN(C)CCOc1ccccc1CNC1CC1. The molecule has 2 rings (SSSR count). The molecule has 1 N–H and O–H groups in total. The maximum atomic E-state index is 5.93. The first-order valence-corrected chi connectivity index (χ1v) is 7.42. The van der Waals surface area contributed by atoms with Gasteiger partial charge in [-0.25, -0.2) is 0 Å². The molecule has 0 heterocycles. The van der Waals surface area contributed by atoms with E-state index in [0.29, 0.717) is 0 Å². The van der Waals surface area contributed by atoms with Gasteiger partial charge in [0.2, 0.25) is 0 Å². The Morgan fingerprint density at radius 1 is 1.26 bits per heavy atom. The number of likely N-dealkylation sites (N-methyl/N-ethyl adjacent to an activating group) is 1. The standard InChI is InChI=1S/C16H26N2O/c1-3-10-18(2)11-12-19-16-7-5-4-6-14(16)13-17-15-8-9-15/h4-7,15,17H,3,8-13H2,1-2H3. The van der Waals surface area contributed by atoms with E-state index in [-0.39, 0.29) is 0 Å². The van der Waals surface area contributed by atoms with Gasteiger partial charge in [0, 0.05) is 24.7 Å². The topological polar surface area (TPSA) is 24.5 Å². The largest absolute Gasteiger partial charge is 0.492 e. The van der Waals surface area contributed by atoms with E-state index in [1.807, 2.05) is 6.07 Å². The number of nitrogens with one attached hydrogen (secondary N) is 1. The van der Waals surface area contributed by atoms with Crippen molar-refractivity contribution in [1.29, 1.82) is 0 Å². The maximum absolute atomic E-state index is 5.93. The van der Waals surface area contributed by atoms with Crippen molar-refractivity contribution in [2.75, 3.05) is 26.7 Å². The molecule has 1 saturated carbocycles. The molecule has 1 aromatic carbocycles. The first-order chi connectivity index (χ1) is 9.29. The van der Waals surface area contributed by atoms with Crippen molar-refractivity contribution < 1.29 is 4.74 Å². The summed E-state index contributed by atoms with van der Waals surface area (Å²) >= 11 is 0. The van der Waals surface area contributed by atoms with Crippen LogP contribution in [0.5, 0.6) is 5.75 Å². The van der Waals surface area contributed by atoms with E-state index in [2.05, 4.69) is 42.4 Å². The van der Waals surface area contributed by atoms with Crippen molar-refractivity contribution in [3.8, 4) is 5.75 Å². The van der Waals surface area contributed by atoms with Crippen LogP contribution in [0.25, 0.3) is 0 Å². The minimum Gasteiger partial charge on any atom is -0.492 e. The lowest BCUT2D eigenvalue weighted by Gasteiger charge is -2.17. The highest BCUT2D eigenvalue weighted by molar-refractivity contribution is 5.33. The summed E-state index contributed by atoms with van der Waals surface area (Å²) in [5, 5.41) is 3.54. The fourth-order valence-corrected chi connectivity index (χ4v) is 2.14. The van der Waals surface area contributed by atoms with Crippen molar-refractivity contribution in [2.45, 2.75) is 38.8 Å². The second-order valence-corrected chi connectivity index (χ2v) is 5.41. The summed E-state index contributed by atoms with van der Waals surface area (Å²) in [5.74, 6) is 1.03. The van der Waals surface area contributed by atoms with Crippen molar-refractivity contribution in [3.05, 3.63) is 29.8 Å². The highest BCUT2D eigenvalue weighted by Gasteiger charge is 2.20. The lowest BCUT2D eigenvalue weighted by Crippen LogP contribution is -2.25. The van der Waals surface area contributed by atoms with Gasteiger partial charge in [0.25, 0.3) is 0 Å². The Kier molecular flexibility index (Phi) is 5.67. The number of benzene rings is 1. The van der Waals surface area contributed by atoms with Crippen LogP contribution in [0.1, 0.15) is 31.7 Å². The van der Waals surface area contributed by atoms with Gasteiger partial charge in [-0.2, -0.15) is 0 Å². The fraction of sp³-hybridized carbons (Fsp3) is 0.625. The molecule has 0 unspecified atom stereocenters. The smallest absolute Gasteiger partial charge is 0.123 e. The third-order valence-corrected chi connectivity index (χ3v) is 3.47. The fourth-order valence-electron chi connectivity index (χ4n) is 2.14. The number of hydrogen-bond donors (Lipinski definition) is 1. The molecular weight excluding hydrogens is 236 g/mol. The minimum absolute atomic E-state index is 0.740. The molecule has 0 radical (unpaired) electrons. The van der Waals surface area contributed by atoms with E-state index >= 15 is 0 Å². The summed E-state index contributed by atoms with van der Waals surface area (Å²) in [6, 6.07) is 9.10. The zero-order valence-corrected chi connectivity index (χ0v) is 12.2. The molecule has 19 heavy (non-hydrogen) atoms. The molecule has 1 aliphatic rings. The summed E-state index contributed by atoms with van der Waals surface area (Å²) in [6.45, 7) is 6.01. The number of ether oxygens (including phenoxy) is 1. The molecule has 1 fully saturated rings. The molecule has 0 saturated heterocycles. The van der Waals surface area contributed by atoms with Crippen LogP contribution in [-0.4, -0.2) is 37.7 Å². The quantitative estimate of drug-likeness (QED) is 0.740. The zero-order valence-electron chi connectivity index (χ0n) is 12.2. The van der Waals surface area contributed by atoms with E-state index in [9.17, 15) is 0 Å². The number of nitrogens with zero attached hydrogens (tertiary/aromatic N) is 1. The molecule has 1 aliphatic carbocycles. The predicted molar refractivity (Wildman–Crippen MR) is 79.6 cm³/mol. The van der Waals surface area contributed by atoms with Crippen molar-refractivity contribution in [2.24, 2.45) is 0 Å². The molecule has 0 aromatic heterocycles. The van der Waals surface area contributed by atoms with E-state index < -0.39 is 0 Å². The third-order valence-electron chi connectivity index (χ3n) is 3.47. The molecule has 0 spiro atoms. The highest BCUT2D eigenvalue weighted by Crippen LogP contribution is 2.22. The Bertz CT molecular complexity index is 377. The highest BCUT2D eigenvalue weighted by atomic mass is 16.5. The van der Waals surface area contributed by atoms with Crippen molar-refractivity contribution in [3.63, 3.8) is 0 Å². The normalized spacial score (nSPS) is 14.9. The van der Waals surface area contributed by atoms with Crippen molar-refractivity contribution >= 4 is 0 Å². The Morgan fingerprint density at radius 2 is 2.05 bits per heavy atom. The van der Waals surface area contributed by atoms with Crippen molar-refractivity contribution in [1.82, 2.24) is 10.2 Å². The molecule has 0 aliphatic heterocycles. The molecule has 0 bridgehead atoms. The number of hydrogen-bond acceptors (Lipinski definition) is 3. The van der Waals surface area contributed by atoms with E-state index in [4.69, 9.17) is 4.74 Å². The first-order valence-electron chi connectivity index (χ1n) is 7.42. The van der Waals surface area contributed by atoms with Crippen LogP contribution in [-0.2, 0) is 6.54 Å². The van der Waals surface area contributed by atoms with E-state index in [0.717, 1.165) is 38.0 Å². The Morgan fingerprint density at radius 3 is 2.79 bits per heavy atom. The van der Waals surface area contributed by atoms with E-state index in [1.165, 1.54) is 24.8 Å². The molecule has 1 aromatic rings. The monoisotopic (exact) mass is 262 g/mol. The molecule has 3 heteroatoms. The summed E-state index contributed by atoms with van der Waals surface area (Å²) < 4.78 is 5.93. The average Bonchev–Trinajstić information content (AvgIpc) is 3.22. The zero-order chi connectivity index (χ0) is 13.5. The summed E-state index contributed by atoms with van der Waals surface area (Å²) in [5.41, 5.74) is 1.27. The van der Waals surface area contributed by atoms with Crippen LogP contribution in [0.3, 0.4) is 0 Å². The van der Waals surface area contributed by atoms with Gasteiger partial charge in [-0.1, -0.05) is 25.1 Å². The van der Waals surface area contributed by atoms with Gasteiger partial charge >= 0.3 is 0 Å². The third kappa shape index (κ3) is 5.21. The Labute approximate surface area is 116 Å². The Balaban J connectivity index is 1.77. The van der Waals surface area contributed by atoms with Crippen LogP contribution in [0, 0.1) is 0 Å². The van der Waals surface area contributed by atoms with Crippen LogP contribution >= 0.6 is 0 Å². The number of para-hydroxylation sites is 1. The summed E-state index contributed by atoms with van der Waals surface area (Å²) in [6.07, 6.45) is 3.84. The minimum atomic E-state index is 0.740. The van der Waals surface area contributed by atoms with Gasteiger partial charge in [-0.05, 0) is 38.9 Å². The molecular formula is C16H26N2O. The van der Waals surface area contributed by atoms with Crippen LogP contribution < -0.4 is 10.1 Å². The van der Waals surface area contributed by atoms with Gasteiger partial charge in [-0.3, -0.25) is 0 Å². The summed E-state index contributed by atoms with van der Waals surface area (Å²) in [4.78, 5) is 2.31. The molecule has 0 amide bonds. The second kappa shape index (κ2) is 7.51. The van der Waals surface area contributed by atoms with Crippen LogP contribution in [0.2, 0.25) is 0 Å². The van der Waals surface area contributed by atoms with Gasteiger partial charge in [-0.15, -0.1) is 0 Å². The molecule has 3 nitrogen and oxygen atoms in total. The van der Waals surface area contributed by atoms with Gasteiger partial charge in [0.1, 0.15) is 12.4 Å². The van der Waals surface area contributed by atoms with Crippen LogP contribution in [0.15, 0.2) is 24.3 Å². The Hall–Kier alpha value is -1.06. The second-order valence-electron chi connectivity index (χ2n) is 5.41. The van der Waals surface area contributed by atoms with Gasteiger partial charge < -0.3 is 15.0 Å². The lowest BCUT2D eigenvalue weighted by atomic mass is 10.2. The number of rotatable bonds is 9. The average molecular weight is 262 g/mol. The van der Waals surface area contributed by atoms with E-state index in [1.54, 1.807) is 0 Å². The lowest BCUT2D eigenvalue weighted by molar-refractivity contribution is 0.236.